The first kappa shape index (κ1) is 13.4. The average molecular weight is 252 g/mol. The lowest BCUT2D eigenvalue weighted by atomic mass is 10.0. The fourth-order valence-corrected chi connectivity index (χ4v) is 3.12. The molecular weight excluding hydrogens is 228 g/mol. The quantitative estimate of drug-likeness (QED) is 0.345. The van der Waals surface area contributed by atoms with E-state index in [0.29, 0.717) is 11.9 Å². The molecule has 2 saturated heterocycles. The molecule has 0 aromatic carbocycles. The molecule has 0 saturated carbocycles. The number of hydrogen-bond acceptors (Lipinski definition) is 5. The summed E-state index contributed by atoms with van der Waals surface area (Å²) in [6.45, 7) is 3.40. The van der Waals surface area contributed by atoms with Gasteiger partial charge in [-0.1, -0.05) is 5.22 Å². The number of likely N-dealkylation sites (N-methyl/N-ethyl adjacent to an activating group) is 1. The van der Waals surface area contributed by atoms with Gasteiger partial charge in [-0.25, -0.2) is 5.01 Å². The zero-order chi connectivity index (χ0) is 13.1. The van der Waals surface area contributed by atoms with E-state index in [4.69, 9.17) is 10.9 Å². The second kappa shape index (κ2) is 5.75. The molecular formula is C12H24N6. The minimum absolute atomic E-state index is 0.164. The summed E-state index contributed by atoms with van der Waals surface area (Å²) in [5.74, 6) is 0.474. The smallest absolute Gasteiger partial charge is 0.135 e. The Labute approximate surface area is 109 Å². The number of amidine groups is 1. The number of rotatable bonds is 3. The molecule has 2 N–H and O–H groups in total. The van der Waals surface area contributed by atoms with Crippen LogP contribution in [-0.2, 0) is 0 Å². The van der Waals surface area contributed by atoms with Crippen molar-refractivity contribution in [1.29, 1.82) is 10.9 Å². The SMILES string of the molecule is CN1CCC(N2CCCC2C(=N)N(C)N=N)CC1. The Hall–Kier alpha value is -1.01. The first-order valence-electron chi connectivity index (χ1n) is 6.77. The van der Waals surface area contributed by atoms with Gasteiger partial charge in [-0.05, 0) is 52.4 Å². The summed E-state index contributed by atoms with van der Waals surface area (Å²) in [5.41, 5.74) is 7.02. The van der Waals surface area contributed by atoms with Crippen LogP contribution in [0.5, 0.6) is 0 Å². The second-order valence-electron chi connectivity index (χ2n) is 5.44. The average Bonchev–Trinajstić information content (AvgIpc) is 2.87. The van der Waals surface area contributed by atoms with Gasteiger partial charge in [-0.3, -0.25) is 10.3 Å². The molecule has 18 heavy (non-hydrogen) atoms. The largest absolute Gasteiger partial charge is 0.306 e. The van der Waals surface area contributed by atoms with Crippen LogP contribution in [0.1, 0.15) is 25.7 Å². The molecule has 0 aromatic heterocycles. The molecule has 2 rings (SSSR count). The lowest BCUT2D eigenvalue weighted by molar-refractivity contribution is 0.125. The molecule has 0 aromatic rings. The van der Waals surface area contributed by atoms with Crippen LogP contribution in [-0.4, -0.2) is 66.5 Å². The van der Waals surface area contributed by atoms with Crippen LogP contribution in [0.15, 0.2) is 5.22 Å². The van der Waals surface area contributed by atoms with Crippen LogP contribution in [0.2, 0.25) is 0 Å². The van der Waals surface area contributed by atoms with Gasteiger partial charge < -0.3 is 4.90 Å². The highest BCUT2D eigenvalue weighted by Crippen LogP contribution is 2.26. The van der Waals surface area contributed by atoms with Gasteiger partial charge in [0.2, 0.25) is 0 Å². The van der Waals surface area contributed by atoms with E-state index in [2.05, 4.69) is 22.1 Å². The Kier molecular flexibility index (Phi) is 4.29. The van der Waals surface area contributed by atoms with Gasteiger partial charge in [-0.15, -0.1) is 0 Å². The molecule has 0 aliphatic carbocycles. The maximum absolute atomic E-state index is 8.14. The van der Waals surface area contributed by atoms with Gasteiger partial charge >= 0.3 is 0 Å². The van der Waals surface area contributed by atoms with Crippen molar-refractivity contribution >= 4 is 5.84 Å². The molecule has 1 unspecified atom stereocenters. The molecule has 6 nitrogen and oxygen atoms in total. The summed E-state index contributed by atoms with van der Waals surface area (Å²) in [6.07, 6.45) is 4.58. The monoisotopic (exact) mass is 252 g/mol. The third-order valence-corrected chi connectivity index (χ3v) is 4.27. The lowest BCUT2D eigenvalue weighted by Crippen LogP contribution is -2.50. The van der Waals surface area contributed by atoms with Gasteiger partial charge in [-0.2, -0.15) is 5.53 Å². The lowest BCUT2D eigenvalue weighted by Gasteiger charge is -2.38. The molecule has 2 aliphatic rings. The first-order valence-corrected chi connectivity index (χ1v) is 6.77. The first-order chi connectivity index (χ1) is 8.63. The molecule has 1 atom stereocenters. The third-order valence-electron chi connectivity index (χ3n) is 4.27. The van der Waals surface area contributed by atoms with Crippen molar-refractivity contribution in [1.82, 2.24) is 14.8 Å². The fourth-order valence-electron chi connectivity index (χ4n) is 3.12. The fraction of sp³-hybridized carbons (Fsp3) is 0.917. The number of nitrogens with zero attached hydrogens (tertiary/aromatic N) is 4. The molecule has 0 radical (unpaired) electrons. The van der Waals surface area contributed by atoms with E-state index in [-0.39, 0.29) is 6.04 Å². The van der Waals surface area contributed by atoms with Crippen LogP contribution >= 0.6 is 0 Å². The van der Waals surface area contributed by atoms with Gasteiger partial charge in [0.1, 0.15) is 5.84 Å². The summed E-state index contributed by atoms with van der Waals surface area (Å²) >= 11 is 0. The summed E-state index contributed by atoms with van der Waals surface area (Å²) in [4.78, 5) is 4.84. The van der Waals surface area contributed by atoms with Crippen molar-refractivity contribution in [3.63, 3.8) is 0 Å². The number of piperidine rings is 1. The summed E-state index contributed by atoms with van der Waals surface area (Å²) in [5, 5.41) is 12.9. The van der Waals surface area contributed by atoms with Crippen LogP contribution in [0.3, 0.4) is 0 Å². The van der Waals surface area contributed by atoms with Crippen LogP contribution < -0.4 is 0 Å². The molecule has 0 amide bonds. The van der Waals surface area contributed by atoms with E-state index in [1.54, 1.807) is 7.05 Å². The molecule has 6 heteroatoms. The molecule has 0 bridgehead atoms. The van der Waals surface area contributed by atoms with Crippen LogP contribution in [0.25, 0.3) is 0 Å². The van der Waals surface area contributed by atoms with Gasteiger partial charge in [0.25, 0.3) is 0 Å². The zero-order valence-corrected chi connectivity index (χ0v) is 11.4. The number of likely N-dealkylation sites (tertiary alicyclic amines) is 2. The van der Waals surface area contributed by atoms with E-state index < -0.39 is 0 Å². The van der Waals surface area contributed by atoms with Crippen molar-refractivity contribution < 1.29 is 0 Å². The molecule has 2 heterocycles. The van der Waals surface area contributed by atoms with Gasteiger partial charge in [0, 0.05) is 13.1 Å². The predicted molar refractivity (Wildman–Crippen MR) is 70.9 cm³/mol. The molecule has 2 fully saturated rings. The highest BCUT2D eigenvalue weighted by atomic mass is 15.5. The van der Waals surface area contributed by atoms with Crippen molar-refractivity contribution in [2.75, 3.05) is 33.7 Å². The van der Waals surface area contributed by atoms with Crippen molar-refractivity contribution in [2.45, 2.75) is 37.8 Å². The second-order valence-corrected chi connectivity index (χ2v) is 5.44. The van der Waals surface area contributed by atoms with E-state index in [0.717, 1.165) is 32.5 Å². The topological polar surface area (TPSA) is 69.8 Å². The Morgan fingerprint density at radius 3 is 2.50 bits per heavy atom. The van der Waals surface area contributed by atoms with E-state index in [9.17, 15) is 0 Å². The summed E-state index contributed by atoms with van der Waals surface area (Å²) < 4.78 is 0. The zero-order valence-electron chi connectivity index (χ0n) is 11.4. The molecule has 102 valence electrons. The standard InChI is InChI=1S/C12H24N6/c1-16-8-5-10(6-9-16)18-7-3-4-11(18)12(13)17(2)15-14/h10-11,13-14H,3-9H2,1-2H3. The van der Waals surface area contributed by atoms with E-state index >= 15 is 0 Å². The number of nitrogens with one attached hydrogen (secondary N) is 2. The third kappa shape index (κ3) is 2.70. The summed E-state index contributed by atoms with van der Waals surface area (Å²) in [7, 11) is 3.87. The Bertz CT molecular complexity index is 310. The normalized spacial score (nSPS) is 27.3. The van der Waals surface area contributed by atoms with Gasteiger partial charge in [0.15, 0.2) is 0 Å². The molecule has 0 spiro atoms. The minimum atomic E-state index is 0.164. The van der Waals surface area contributed by atoms with Crippen LogP contribution in [0, 0.1) is 10.9 Å². The Morgan fingerprint density at radius 2 is 1.89 bits per heavy atom. The highest BCUT2D eigenvalue weighted by molar-refractivity contribution is 5.84. The van der Waals surface area contributed by atoms with E-state index in [1.165, 1.54) is 17.9 Å². The van der Waals surface area contributed by atoms with Crippen molar-refractivity contribution in [3.05, 3.63) is 0 Å². The van der Waals surface area contributed by atoms with Crippen molar-refractivity contribution in [2.24, 2.45) is 5.22 Å². The van der Waals surface area contributed by atoms with Gasteiger partial charge in [0.05, 0.1) is 6.04 Å². The molecule has 2 aliphatic heterocycles. The van der Waals surface area contributed by atoms with Crippen molar-refractivity contribution in [3.8, 4) is 0 Å². The Balaban J connectivity index is 1.99. The predicted octanol–water partition coefficient (Wildman–Crippen LogP) is 1.40. The van der Waals surface area contributed by atoms with Crippen LogP contribution in [0.4, 0.5) is 0 Å². The maximum atomic E-state index is 8.14. The number of hydrogen-bond donors (Lipinski definition) is 2. The minimum Gasteiger partial charge on any atom is -0.306 e. The Morgan fingerprint density at radius 1 is 1.22 bits per heavy atom. The highest BCUT2D eigenvalue weighted by Gasteiger charge is 2.35. The summed E-state index contributed by atoms with van der Waals surface area (Å²) in [6, 6.07) is 0.769. The van der Waals surface area contributed by atoms with E-state index in [1.807, 2.05) is 0 Å². The maximum Gasteiger partial charge on any atom is 0.135 e.